The fourth-order valence-corrected chi connectivity index (χ4v) is 3.69. The zero-order valence-corrected chi connectivity index (χ0v) is 16.8. The van der Waals surface area contributed by atoms with Gasteiger partial charge in [0.15, 0.2) is 0 Å². The highest BCUT2D eigenvalue weighted by Gasteiger charge is 2.38. The summed E-state index contributed by atoms with van der Waals surface area (Å²) in [4.78, 5) is 39.4. The van der Waals surface area contributed by atoms with Gasteiger partial charge < -0.3 is 19.5 Å². The highest BCUT2D eigenvalue weighted by molar-refractivity contribution is 6.22. The van der Waals surface area contributed by atoms with Crippen LogP contribution < -0.4 is 14.8 Å². The largest absolute Gasteiger partial charge is 0.497 e. The van der Waals surface area contributed by atoms with Crippen molar-refractivity contribution in [3.63, 3.8) is 0 Å². The smallest absolute Gasteiger partial charge is 0.261 e. The average molecular weight is 410 g/mol. The summed E-state index contributed by atoms with van der Waals surface area (Å²) in [5, 5.41) is 2.77. The van der Waals surface area contributed by atoms with E-state index in [9.17, 15) is 14.4 Å². The molecule has 8 nitrogen and oxygen atoms in total. The number of fused-ring (bicyclic) bond motifs is 1. The van der Waals surface area contributed by atoms with Gasteiger partial charge in [0, 0.05) is 18.2 Å². The molecule has 3 amide bonds. The van der Waals surface area contributed by atoms with Crippen molar-refractivity contribution >= 4 is 23.4 Å². The zero-order valence-electron chi connectivity index (χ0n) is 16.8. The quantitative estimate of drug-likeness (QED) is 0.736. The van der Waals surface area contributed by atoms with Crippen LogP contribution >= 0.6 is 0 Å². The molecule has 0 unspecified atom stereocenters. The highest BCUT2D eigenvalue weighted by atomic mass is 16.5. The maximum atomic E-state index is 12.8. The van der Waals surface area contributed by atoms with Crippen LogP contribution in [0.1, 0.15) is 43.9 Å². The molecule has 156 valence electrons. The monoisotopic (exact) mass is 410 g/mol. The van der Waals surface area contributed by atoms with Gasteiger partial charge in [-0.1, -0.05) is 0 Å². The molecule has 2 aromatic carbocycles. The van der Waals surface area contributed by atoms with Crippen LogP contribution in [0.3, 0.4) is 0 Å². The van der Waals surface area contributed by atoms with Gasteiger partial charge in [-0.3, -0.25) is 19.3 Å². The Morgan fingerprint density at radius 2 is 1.90 bits per heavy atom. The predicted octanol–water partition coefficient (Wildman–Crippen LogP) is 2.73. The van der Waals surface area contributed by atoms with Crippen LogP contribution in [0.25, 0.3) is 0 Å². The molecule has 1 atom stereocenters. The molecule has 2 aliphatic rings. The number of anilines is 1. The minimum absolute atomic E-state index is 0.127. The third-order valence-corrected chi connectivity index (χ3v) is 5.30. The first kappa shape index (κ1) is 19.9. The van der Waals surface area contributed by atoms with Gasteiger partial charge in [-0.15, -0.1) is 0 Å². The summed E-state index contributed by atoms with van der Waals surface area (Å²) in [5.41, 5.74) is 1.27. The molecule has 0 bridgehead atoms. The highest BCUT2D eigenvalue weighted by Crippen LogP contribution is 2.30. The van der Waals surface area contributed by atoms with Crippen LogP contribution in [-0.4, -0.2) is 56.1 Å². The summed E-state index contributed by atoms with van der Waals surface area (Å²) in [5.74, 6) is -0.133. The van der Waals surface area contributed by atoms with E-state index < -0.39 is 11.8 Å². The molecule has 0 radical (unpaired) electrons. The Hall–Kier alpha value is -3.39. The van der Waals surface area contributed by atoms with Crippen LogP contribution in [0.2, 0.25) is 0 Å². The van der Waals surface area contributed by atoms with E-state index in [4.69, 9.17) is 14.2 Å². The SMILES string of the molecule is COc1ccc(NC(=O)c2ccc3c(c2)C(=O)N(C[C@@H]2CCCO2)C3=O)c(OC)c1. The predicted molar refractivity (Wildman–Crippen MR) is 108 cm³/mol. The van der Waals surface area contributed by atoms with Crippen molar-refractivity contribution in [1.29, 1.82) is 0 Å². The molecule has 8 heteroatoms. The lowest BCUT2D eigenvalue weighted by Crippen LogP contribution is -2.36. The third kappa shape index (κ3) is 3.61. The molecule has 0 aliphatic carbocycles. The van der Waals surface area contributed by atoms with Crippen LogP contribution in [0.5, 0.6) is 11.5 Å². The second kappa shape index (κ2) is 8.16. The van der Waals surface area contributed by atoms with Crippen molar-refractivity contribution in [3.8, 4) is 11.5 Å². The molecular weight excluding hydrogens is 388 g/mol. The lowest BCUT2D eigenvalue weighted by atomic mass is 10.1. The van der Waals surface area contributed by atoms with E-state index in [-0.39, 0.29) is 29.7 Å². The molecular formula is C22H22N2O6. The third-order valence-electron chi connectivity index (χ3n) is 5.30. The van der Waals surface area contributed by atoms with Gasteiger partial charge in [-0.25, -0.2) is 0 Å². The first-order valence-corrected chi connectivity index (χ1v) is 9.67. The standard InChI is InChI=1S/C22H22N2O6/c1-28-14-6-8-18(19(11-14)29-2)23-20(25)13-5-7-16-17(10-13)22(27)24(21(16)26)12-15-4-3-9-30-15/h5-8,10-11,15H,3-4,9,12H2,1-2H3,(H,23,25)/t15-/m0/s1. The molecule has 30 heavy (non-hydrogen) atoms. The molecule has 2 heterocycles. The van der Waals surface area contributed by atoms with Crippen molar-refractivity contribution in [2.24, 2.45) is 0 Å². The second-order valence-corrected chi connectivity index (χ2v) is 7.14. The van der Waals surface area contributed by atoms with Crippen molar-refractivity contribution in [2.75, 3.05) is 32.7 Å². The number of amides is 3. The minimum atomic E-state index is -0.418. The van der Waals surface area contributed by atoms with Gasteiger partial charge in [0.25, 0.3) is 17.7 Å². The summed E-state index contributed by atoms with van der Waals surface area (Å²) in [6.07, 6.45) is 1.62. The fraction of sp³-hybridized carbons (Fsp3) is 0.318. The maximum Gasteiger partial charge on any atom is 0.261 e. The van der Waals surface area contributed by atoms with Gasteiger partial charge >= 0.3 is 0 Å². The van der Waals surface area contributed by atoms with Crippen LogP contribution in [0.4, 0.5) is 5.69 Å². The lowest BCUT2D eigenvalue weighted by Gasteiger charge is -2.17. The molecule has 0 aromatic heterocycles. The Bertz CT molecular complexity index is 1010. The van der Waals surface area contributed by atoms with E-state index in [1.165, 1.54) is 37.3 Å². The van der Waals surface area contributed by atoms with E-state index in [0.717, 1.165) is 12.8 Å². The number of imide groups is 1. The summed E-state index contributed by atoms with van der Waals surface area (Å²) in [6, 6.07) is 9.53. The Kier molecular flexibility index (Phi) is 5.41. The lowest BCUT2D eigenvalue weighted by molar-refractivity contribution is 0.0475. The molecule has 0 saturated carbocycles. The zero-order chi connectivity index (χ0) is 21.3. The Balaban J connectivity index is 1.54. The van der Waals surface area contributed by atoms with E-state index in [0.29, 0.717) is 29.4 Å². The number of nitrogens with zero attached hydrogens (tertiary/aromatic N) is 1. The molecule has 1 fully saturated rings. The molecule has 2 aliphatic heterocycles. The van der Waals surface area contributed by atoms with Crippen LogP contribution in [-0.2, 0) is 4.74 Å². The average Bonchev–Trinajstić information content (AvgIpc) is 3.36. The topological polar surface area (TPSA) is 94.2 Å². The number of benzene rings is 2. The number of nitrogens with one attached hydrogen (secondary N) is 1. The maximum absolute atomic E-state index is 12.8. The van der Waals surface area contributed by atoms with Crippen molar-refractivity contribution in [2.45, 2.75) is 18.9 Å². The molecule has 1 saturated heterocycles. The number of hydrogen-bond acceptors (Lipinski definition) is 6. The van der Waals surface area contributed by atoms with Crippen molar-refractivity contribution in [3.05, 3.63) is 53.1 Å². The van der Waals surface area contributed by atoms with E-state index in [1.807, 2.05) is 0 Å². The van der Waals surface area contributed by atoms with Gasteiger partial charge in [0.05, 0.1) is 43.7 Å². The molecule has 2 aromatic rings. The number of methoxy groups -OCH3 is 2. The number of carbonyl (C=O) groups is 3. The summed E-state index contributed by atoms with van der Waals surface area (Å²) >= 11 is 0. The van der Waals surface area contributed by atoms with Crippen molar-refractivity contribution < 1.29 is 28.6 Å². The minimum Gasteiger partial charge on any atom is -0.497 e. The number of carbonyl (C=O) groups excluding carboxylic acids is 3. The van der Waals surface area contributed by atoms with Crippen molar-refractivity contribution in [1.82, 2.24) is 4.90 Å². The molecule has 0 spiro atoms. The first-order chi connectivity index (χ1) is 14.5. The molecule has 1 N–H and O–H groups in total. The summed E-state index contributed by atoms with van der Waals surface area (Å²) in [6.45, 7) is 0.879. The van der Waals surface area contributed by atoms with Crippen LogP contribution in [0, 0.1) is 0 Å². The number of rotatable bonds is 6. The van der Waals surface area contributed by atoms with Crippen LogP contribution in [0.15, 0.2) is 36.4 Å². The normalized spacial score (nSPS) is 17.8. The van der Waals surface area contributed by atoms with E-state index >= 15 is 0 Å². The Morgan fingerprint density at radius 3 is 2.60 bits per heavy atom. The Labute approximate surface area is 173 Å². The van der Waals surface area contributed by atoms with Gasteiger partial charge in [0.2, 0.25) is 0 Å². The van der Waals surface area contributed by atoms with E-state index in [2.05, 4.69) is 5.32 Å². The number of ether oxygens (including phenoxy) is 3. The van der Waals surface area contributed by atoms with Gasteiger partial charge in [-0.2, -0.15) is 0 Å². The first-order valence-electron chi connectivity index (χ1n) is 9.67. The summed E-state index contributed by atoms with van der Waals surface area (Å²) < 4.78 is 16.0. The fourth-order valence-electron chi connectivity index (χ4n) is 3.69. The second-order valence-electron chi connectivity index (χ2n) is 7.14. The van der Waals surface area contributed by atoms with Gasteiger partial charge in [0.1, 0.15) is 11.5 Å². The molecule has 4 rings (SSSR count). The number of hydrogen-bond donors (Lipinski definition) is 1. The summed E-state index contributed by atoms with van der Waals surface area (Å²) in [7, 11) is 3.03. The van der Waals surface area contributed by atoms with E-state index in [1.54, 1.807) is 18.2 Å². The van der Waals surface area contributed by atoms with Gasteiger partial charge in [-0.05, 0) is 43.2 Å². The Morgan fingerprint density at radius 1 is 1.10 bits per heavy atom.